The fourth-order valence-corrected chi connectivity index (χ4v) is 2.84. The quantitative estimate of drug-likeness (QED) is 0.908. The maximum atomic E-state index is 12.1. The number of carboxylic acids is 1. The second kappa shape index (κ2) is 5.07. The summed E-state index contributed by atoms with van der Waals surface area (Å²) in [5, 5.41) is 9.29. The predicted octanol–water partition coefficient (Wildman–Crippen LogP) is 2.05. The molecule has 0 aliphatic carbocycles. The summed E-state index contributed by atoms with van der Waals surface area (Å²) in [6, 6.07) is 3.34. The van der Waals surface area contributed by atoms with Crippen molar-refractivity contribution >= 4 is 11.9 Å². The molecule has 1 saturated heterocycles. The third kappa shape index (κ3) is 2.64. The monoisotopic (exact) mass is 265 g/mol. The van der Waals surface area contributed by atoms with Gasteiger partial charge in [-0.15, -0.1) is 0 Å². The molecule has 104 valence electrons. The smallest absolute Gasteiger partial charge is 0.308 e. The highest BCUT2D eigenvalue weighted by molar-refractivity contribution is 5.81. The zero-order chi connectivity index (χ0) is 14.2. The number of nitrogens with zero attached hydrogens (tertiary/aromatic N) is 1. The lowest BCUT2D eigenvalue weighted by Crippen LogP contribution is -2.52. The lowest BCUT2D eigenvalue weighted by Gasteiger charge is -2.40. The first kappa shape index (κ1) is 13.6. The first-order chi connectivity index (χ1) is 8.90. The number of amides is 1. The van der Waals surface area contributed by atoms with Crippen molar-refractivity contribution in [1.82, 2.24) is 4.90 Å². The van der Waals surface area contributed by atoms with Crippen molar-refractivity contribution in [2.75, 3.05) is 0 Å². The molecule has 3 atom stereocenters. The minimum absolute atomic E-state index is 0.00782. The zero-order valence-electron chi connectivity index (χ0n) is 11.4. The minimum atomic E-state index is -0.840. The Balaban J connectivity index is 2.18. The zero-order valence-corrected chi connectivity index (χ0v) is 11.4. The minimum Gasteiger partial charge on any atom is -0.481 e. The van der Waals surface area contributed by atoms with E-state index in [0.717, 1.165) is 5.76 Å². The Morgan fingerprint density at radius 1 is 1.47 bits per heavy atom. The Hall–Kier alpha value is -1.78. The molecule has 0 saturated carbocycles. The topological polar surface area (TPSA) is 70.8 Å². The van der Waals surface area contributed by atoms with E-state index in [9.17, 15) is 14.7 Å². The first-order valence-corrected chi connectivity index (χ1v) is 6.47. The van der Waals surface area contributed by atoms with E-state index in [4.69, 9.17) is 4.42 Å². The summed E-state index contributed by atoms with van der Waals surface area (Å²) in [5.41, 5.74) is 0. The highest BCUT2D eigenvalue weighted by Gasteiger charge is 2.41. The summed E-state index contributed by atoms with van der Waals surface area (Å²) in [6.07, 6.45) is 0.279. The molecule has 1 aromatic heterocycles. The highest BCUT2D eigenvalue weighted by Crippen LogP contribution is 2.31. The maximum absolute atomic E-state index is 12.1. The van der Waals surface area contributed by atoms with Gasteiger partial charge in [-0.3, -0.25) is 9.59 Å². The molecule has 2 heterocycles. The molecule has 19 heavy (non-hydrogen) atoms. The second-order valence-electron chi connectivity index (χ2n) is 5.32. The van der Waals surface area contributed by atoms with Gasteiger partial charge in [-0.25, -0.2) is 0 Å². The third-order valence-corrected chi connectivity index (χ3v) is 3.85. The molecule has 0 radical (unpaired) electrons. The van der Waals surface area contributed by atoms with Gasteiger partial charge in [0.25, 0.3) is 0 Å². The summed E-state index contributed by atoms with van der Waals surface area (Å²) in [5.74, 6) is -0.0188. The number of rotatable bonds is 3. The van der Waals surface area contributed by atoms with Crippen LogP contribution in [0.4, 0.5) is 0 Å². The standard InChI is InChI=1S/C14H19NO4/c1-8-6-12(16)15(10(3)13(8)14(17)18)7-11-5-4-9(2)19-11/h4-5,8,10,13H,6-7H2,1-3H3,(H,17,18). The number of carboxylic acid groups (broad SMARTS) is 1. The Bertz CT molecular complexity index is 493. The van der Waals surface area contributed by atoms with Crippen LogP contribution in [-0.2, 0) is 16.1 Å². The van der Waals surface area contributed by atoms with Gasteiger partial charge in [-0.05, 0) is 31.9 Å². The molecule has 0 bridgehead atoms. The van der Waals surface area contributed by atoms with Crippen molar-refractivity contribution < 1.29 is 19.1 Å². The number of hydrogen-bond acceptors (Lipinski definition) is 3. The number of carbonyl (C=O) groups excluding carboxylic acids is 1. The van der Waals surface area contributed by atoms with Gasteiger partial charge in [-0.1, -0.05) is 6.92 Å². The summed E-state index contributed by atoms with van der Waals surface area (Å²) < 4.78 is 5.46. The number of aliphatic carboxylic acids is 1. The lowest BCUT2D eigenvalue weighted by molar-refractivity contribution is -0.155. The summed E-state index contributed by atoms with van der Waals surface area (Å²) in [6.45, 7) is 5.79. The number of furan rings is 1. The van der Waals surface area contributed by atoms with E-state index < -0.39 is 11.9 Å². The number of hydrogen-bond donors (Lipinski definition) is 1. The number of carbonyl (C=O) groups is 2. The van der Waals surface area contributed by atoms with E-state index in [-0.39, 0.29) is 24.3 Å². The molecule has 1 aliphatic rings. The van der Waals surface area contributed by atoms with Crippen molar-refractivity contribution in [2.24, 2.45) is 11.8 Å². The molecule has 3 unspecified atom stereocenters. The van der Waals surface area contributed by atoms with Crippen molar-refractivity contribution in [3.8, 4) is 0 Å². The van der Waals surface area contributed by atoms with Gasteiger partial charge >= 0.3 is 5.97 Å². The van der Waals surface area contributed by atoms with Gasteiger partial charge in [0.1, 0.15) is 11.5 Å². The van der Waals surface area contributed by atoms with Crippen molar-refractivity contribution in [3.05, 3.63) is 23.7 Å². The normalized spacial score (nSPS) is 27.6. The van der Waals surface area contributed by atoms with E-state index in [1.54, 1.807) is 11.8 Å². The Morgan fingerprint density at radius 3 is 2.68 bits per heavy atom. The van der Waals surface area contributed by atoms with Crippen molar-refractivity contribution in [1.29, 1.82) is 0 Å². The summed E-state index contributed by atoms with van der Waals surface area (Å²) >= 11 is 0. The molecular formula is C14H19NO4. The van der Waals surface area contributed by atoms with Gasteiger partial charge < -0.3 is 14.4 Å². The largest absolute Gasteiger partial charge is 0.481 e. The average molecular weight is 265 g/mol. The molecule has 5 nitrogen and oxygen atoms in total. The Kier molecular flexibility index (Phi) is 3.64. The summed E-state index contributed by atoms with van der Waals surface area (Å²) in [7, 11) is 0. The van der Waals surface area contributed by atoms with Crippen LogP contribution in [0.5, 0.6) is 0 Å². The van der Waals surface area contributed by atoms with Crippen LogP contribution < -0.4 is 0 Å². The van der Waals surface area contributed by atoms with Crippen LogP contribution in [0.2, 0.25) is 0 Å². The molecule has 2 rings (SSSR count). The Morgan fingerprint density at radius 2 is 2.16 bits per heavy atom. The fourth-order valence-electron chi connectivity index (χ4n) is 2.84. The Labute approximate surface area is 112 Å². The van der Waals surface area contributed by atoms with Crippen LogP contribution >= 0.6 is 0 Å². The first-order valence-electron chi connectivity index (χ1n) is 6.47. The third-order valence-electron chi connectivity index (χ3n) is 3.85. The SMILES string of the molecule is Cc1ccc(CN2C(=O)CC(C)C(C(=O)O)C2C)o1. The number of piperidine rings is 1. The molecule has 1 amide bonds. The average Bonchev–Trinajstić information content (AvgIpc) is 2.69. The van der Waals surface area contributed by atoms with Gasteiger partial charge in [0.15, 0.2) is 0 Å². The van der Waals surface area contributed by atoms with Crippen LogP contribution in [0, 0.1) is 18.8 Å². The van der Waals surface area contributed by atoms with E-state index in [2.05, 4.69) is 0 Å². The van der Waals surface area contributed by atoms with E-state index >= 15 is 0 Å². The lowest BCUT2D eigenvalue weighted by atomic mass is 9.81. The molecule has 5 heteroatoms. The van der Waals surface area contributed by atoms with Crippen molar-refractivity contribution in [3.63, 3.8) is 0 Å². The molecule has 0 spiro atoms. The van der Waals surface area contributed by atoms with Crippen LogP contribution in [0.15, 0.2) is 16.5 Å². The molecule has 1 fully saturated rings. The molecule has 1 N–H and O–H groups in total. The van der Waals surface area contributed by atoms with E-state index in [0.29, 0.717) is 12.3 Å². The van der Waals surface area contributed by atoms with E-state index in [1.165, 1.54) is 0 Å². The molecule has 1 aliphatic heterocycles. The fraction of sp³-hybridized carbons (Fsp3) is 0.571. The number of likely N-dealkylation sites (tertiary alicyclic amines) is 1. The van der Waals surface area contributed by atoms with Gasteiger partial charge in [0.05, 0.1) is 12.5 Å². The molecular weight excluding hydrogens is 246 g/mol. The van der Waals surface area contributed by atoms with E-state index in [1.807, 2.05) is 26.0 Å². The highest BCUT2D eigenvalue weighted by atomic mass is 16.4. The van der Waals surface area contributed by atoms with Crippen LogP contribution in [0.3, 0.4) is 0 Å². The molecule has 0 aromatic carbocycles. The summed E-state index contributed by atoms with van der Waals surface area (Å²) in [4.78, 5) is 25.0. The van der Waals surface area contributed by atoms with Gasteiger partial charge in [0, 0.05) is 12.5 Å². The van der Waals surface area contributed by atoms with Crippen LogP contribution in [0.1, 0.15) is 31.8 Å². The maximum Gasteiger partial charge on any atom is 0.308 e. The predicted molar refractivity (Wildman–Crippen MR) is 68.4 cm³/mol. The van der Waals surface area contributed by atoms with Crippen molar-refractivity contribution in [2.45, 2.75) is 39.8 Å². The molecule has 1 aromatic rings. The number of aryl methyl sites for hydroxylation is 1. The van der Waals surface area contributed by atoms with Gasteiger partial charge in [-0.2, -0.15) is 0 Å². The van der Waals surface area contributed by atoms with Gasteiger partial charge in [0.2, 0.25) is 5.91 Å². The second-order valence-corrected chi connectivity index (χ2v) is 5.32. The van der Waals surface area contributed by atoms with Crippen LogP contribution in [0.25, 0.3) is 0 Å². The van der Waals surface area contributed by atoms with Crippen LogP contribution in [-0.4, -0.2) is 27.9 Å².